The standard InChI is InChI=1S/C22H17BrFN3O2S/c23-17-3-1-15(2-4-17)11-27-12-19(10-25-27)26-22(28)21-9-16(14-30-21)13-29-20-7-5-18(24)6-8-20/h1-10,12,14H,11,13H2,(H,26,28). The predicted molar refractivity (Wildman–Crippen MR) is 118 cm³/mol. The van der Waals surface area contributed by atoms with E-state index in [-0.39, 0.29) is 11.7 Å². The highest BCUT2D eigenvalue weighted by Gasteiger charge is 2.11. The number of carbonyl (C=O) groups excluding carboxylic acids is 1. The fourth-order valence-corrected chi connectivity index (χ4v) is 3.81. The Bertz CT molecular complexity index is 1140. The first-order valence-electron chi connectivity index (χ1n) is 9.09. The van der Waals surface area contributed by atoms with Gasteiger partial charge in [-0.3, -0.25) is 9.48 Å². The molecule has 0 bridgehead atoms. The molecule has 152 valence electrons. The van der Waals surface area contributed by atoms with Crippen LogP contribution in [-0.4, -0.2) is 15.7 Å². The molecule has 0 aliphatic carbocycles. The number of amides is 1. The van der Waals surface area contributed by atoms with Crippen LogP contribution in [-0.2, 0) is 13.2 Å². The van der Waals surface area contributed by atoms with Gasteiger partial charge in [0.1, 0.15) is 18.2 Å². The number of hydrogen-bond acceptors (Lipinski definition) is 4. The minimum absolute atomic E-state index is 0.198. The summed E-state index contributed by atoms with van der Waals surface area (Å²) in [5.74, 6) is 0.0695. The third-order valence-electron chi connectivity index (χ3n) is 4.25. The Kier molecular flexibility index (Phi) is 6.25. The number of aromatic nitrogens is 2. The molecular formula is C22H17BrFN3O2S. The predicted octanol–water partition coefficient (Wildman–Crippen LogP) is 5.73. The Morgan fingerprint density at radius 3 is 2.67 bits per heavy atom. The van der Waals surface area contributed by atoms with Crippen molar-refractivity contribution in [1.29, 1.82) is 0 Å². The van der Waals surface area contributed by atoms with Crippen molar-refractivity contribution in [2.24, 2.45) is 0 Å². The topological polar surface area (TPSA) is 56.2 Å². The minimum atomic E-state index is -0.308. The van der Waals surface area contributed by atoms with Crippen LogP contribution in [0.25, 0.3) is 0 Å². The number of carbonyl (C=O) groups is 1. The highest BCUT2D eigenvalue weighted by molar-refractivity contribution is 9.10. The van der Waals surface area contributed by atoms with Gasteiger partial charge < -0.3 is 10.1 Å². The Morgan fingerprint density at radius 1 is 1.13 bits per heavy atom. The lowest BCUT2D eigenvalue weighted by Crippen LogP contribution is -2.09. The monoisotopic (exact) mass is 485 g/mol. The highest BCUT2D eigenvalue weighted by atomic mass is 79.9. The first-order valence-corrected chi connectivity index (χ1v) is 10.8. The molecule has 0 fully saturated rings. The second kappa shape index (κ2) is 9.23. The largest absolute Gasteiger partial charge is 0.489 e. The zero-order valence-corrected chi connectivity index (χ0v) is 18.1. The fraction of sp³-hybridized carbons (Fsp3) is 0.0909. The van der Waals surface area contributed by atoms with Crippen LogP contribution < -0.4 is 10.1 Å². The summed E-state index contributed by atoms with van der Waals surface area (Å²) < 4.78 is 21.4. The van der Waals surface area contributed by atoms with E-state index in [1.165, 1.54) is 23.5 Å². The lowest BCUT2D eigenvalue weighted by molar-refractivity contribution is 0.103. The maximum atomic E-state index is 12.9. The fourth-order valence-electron chi connectivity index (χ4n) is 2.75. The number of ether oxygens (including phenoxy) is 1. The van der Waals surface area contributed by atoms with Crippen LogP contribution >= 0.6 is 27.3 Å². The number of halogens is 2. The normalized spacial score (nSPS) is 10.7. The molecule has 0 saturated carbocycles. The van der Waals surface area contributed by atoms with Crippen LogP contribution in [0.4, 0.5) is 10.1 Å². The average Bonchev–Trinajstić information content (AvgIpc) is 3.39. The van der Waals surface area contributed by atoms with Gasteiger partial charge in [-0.2, -0.15) is 5.10 Å². The molecule has 0 atom stereocenters. The van der Waals surface area contributed by atoms with Gasteiger partial charge in [-0.05, 0) is 53.4 Å². The first-order chi connectivity index (χ1) is 14.5. The van der Waals surface area contributed by atoms with Gasteiger partial charge in [0.15, 0.2) is 0 Å². The summed E-state index contributed by atoms with van der Waals surface area (Å²) in [5.41, 5.74) is 2.62. The van der Waals surface area contributed by atoms with Gasteiger partial charge in [-0.1, -0.05) is 28.1 Å². The van der Waals surface area contributed by atoms with Crippen molar-refractivity contribution >= 4 is 38.9 Å². The van der Waals surface area contributed by atoms with Crippen LogP contribution in [0.2, 0.25) is 0 Å². The number of nitrogens with one attached hydrogen (secondary N) is 1. The van der Waals surface area contributed by atoms with E-state index >= 15 is 0 Å². The van der Waals surface area contributed by atoms with E-state index in [1.807, 2.05) is 29.6 Å². The van der Waals surface area contributed by atoms with Crippen LogP contribution in [0.3, 0.4) is 0 Å². The van der Waals surface area contributed by atoms with Gasteiger partial charge >= 0.3 is 0 Å². The lowest BCUT2D eigenvalue weighted by Gasteiger charge is -2.04. The molecule has 8 heteroatoms. The third kappa shape index (κ3) is 5.34. The average molecular weight is 486 g/mol. The van der Waals surface area contributed by atoms with Crippen LogP contribution in [0.5, 0.6) is 5.75 Å². The van der Waals surface area contributed by atoms with Crippen LogP contribution in [0, 0.1) is 5.82 Å². The zero-order valence-electron chi connectivity index (χ0n) is 15.7. The molecule has 0 saturated heterocycles. The van der Waals surface area contributed by atoms with Crippen molar-refractivity contribution in [3.05, 3.63) is 98.7 Å². The number of nitrogens with zero attached hydrogens (tertiary/aromatic N) is 2. The van der Waals surface area contributed by atoms with Gasteiger partial charge in [0.05, 0.1) is 23.3 Å². The zero-order chi connectivity index (χ0) is 20.9. The molecule has 1 amide bonds. The SMILES string of the molecule is O=C(Nc1cnn(Cc2ccc(Br)cc2)c1)c1cc(COc2ccc(F)cc2)cs1. The number of hydrogen-bond donors (Lipinski definition) is 1. The smallest absolute Gasteiger partial charge is 0.265 e. The summed E-state index contributed by atoms with van der Waals surface area (Å²) >= 11 is 4.76. The molecule has 4 aromatic rings. The van der Waals surface area contributed by atoms with Gasteiger partial charge in [0, 0.05) is 16.2 Å². The quantitative estimate of drug-likeness (QED) is 0.363. The summed E-state index contributed by atoms with van der Waals surface area (Å²) in [6, 6.07) is 15.6. The maximum absolute atomic E-state index is 12.9. The van der Waals surface area contributed by atoms with Gasteiger partial charge in [0.25, 0.3) is 5.91 Å². The highest BCUT2D eigenvalue weighted by Crippen LogP contribution is 2.20. The van der Waals surface area contributed by atoms with Gasteiger partial charge in [-0.25, -0.2) is 4.39 Å². The molecular weight excluding hydrogens is 469 g/mol. The van der Waals surface area contributed by atoms with Gasteiger partial charge in [0.2, 0.25) is 0 Å². The first kappa shape index (κ1) is 20.3. The number of anilines is 1. The third-order valence-corrected chi connectivity index (χ3v) is 5.75. The van der Waals surface area contributed by atoms with E-state index in [1.54, 1.807) is 35.3 Å². The maximum Gasteiger partial charge on any atom is 0.265 e. The Labute approximate surface area is 185 Å². The van der Waals surface area contributed by atoms with Crippen molar-refractivity contribution in [3.63, 3.8) is 0 Å². The van der Waals surface area contributed by atoms with E-state index in [4.69, 9.17) is 4.74 Å². The number of benzene rings is 2. The molecule has 0 radical (unpaired) electrons. The van der Waals surface area contributed by atoms with E-state index in [2.05, 4.69) is 26.3 Å². The van der Waals surface area contributed by atoms with Crippen molar-refractivity contribution in [3.8, 4) is 5.75 Å². The van der Waals surface area contributed by atoms with Gasteiger partial charge in [-0.15, -0.1) is 11.3 Å². The molecule has 5 nitrogen and oxygen atoms in total. The summed E-state index contributed by atoms with van der Waals surface area (Å²) in [4.78, 5) is 13.1. The second-order valence-corrected chi connectivity index (χ2v) is 8.40. The lowest BCUT2D eigenvalue weighted by atomic mass is 10.2. The minimum Gasteiger partial charge on any atom is -0.489 e. The summed E-state index contributed by atoms with van der Waals surface area (Å²) in [7, 11) is 0. The van der Waals surface area contributed by atoms with Crippen LogP contribution in [0.1, 0.15) is 20.8 Å². The van der Waals surface area contributed by atoms with E-state index in [0.717, 1.165) is 15.6 Å². The van der Waals surface area contributed by atoms with Crippen molar-refractivity contribution < 1.29 is 13.9 Å². The summed E-state index contributed by atoms with van der Waals surface area (Å²) in [6.07, 6.45) is 3.43. The molecule has 2 aromatic heterocycles. The van der Waals surface area contributed by atoms with E-state index in [9.17, 15) is 9.18 Å². The van der Waals surface area contributed by atoms with E-state index in [0.29, 0.717) is 29.5 Å². The second-order valence-electron chi connectivity index (χ2n) is 6.57. The van der Waals surface area contributed by atoms with Crippen molar-refractivity contribution in [1.82, 2.24) is 9.78 Å². The molecule has 4 rings (SSSR count). The molecule has 0 spiro atoms. The molecule has 0 aliphatic rings. The Balaban J connectivity index is 1.32. The Morgan fingerprint density at radius 2 is 1.90 bits per heavy atom. The van der Waals surface area contributed by atoms with Crippen molar-refractivity contribution in [2.75, 3.05) is 5.32 Å². The number of rotatable bonds is 7. The van der Waals surface area contributed by atoms with E-state index < -0.39 is 0 Å². The Hall–Kier alpha value is -2.97. The summed E-state index contributed by atoms with van der Waals surface area (Å²) in [5, 5.41) is 9.04. The van der Waals surface area contributed by atoms with Crippen LogP contribution in [0.15, 0.2) is 76.8 Å². The number of thiophene rings is 1. The molecule has 1 N–H and O–H groups in total. The molecule has 0 aliphatic heterocycles. The molecule has 2 aromatic carbocycles. The molecule has 0 unspecified atom stereocenters. The molecule has 30 heavy (non-hydrogen) atoms. The summed E-state index contributed by atoms with van der Waals surface area (Å²) in [6.45, 7) is 0.924. The molecule has 2 heterocycles. The van der Waals surface area contributed by atoms with Crippen molar-refractivity contribution in [2.45, 2.75) is 13.2 Å².